The zero-order valence-corrected chi connectivity index (χ0v) is 8.46. The van der Waals surface area contributed by atoms with E-state index < -0.39 is 0 Å². The summed E-state index contributed by atoms with van der Waals surface area (Å²) >= 11 is 0. The standard InChI is InChI=1S/C11H12O3/c1-7(12)9-4-10(8(2)13)6-11(5-9)14-3/h4-6H,1-3H3. The molecule has 0 fully saturated rings. The smallest absolute Gasteiger partial charge is 0.159 e. The molecule has 0 aliphatic carbocycles. The van der Waals surface area contributed by atoms with Gasteiger partial charge in [-0.1, -0.05) is 0 Å². The summed E-state index contributed by atoms with van der Waals surface area (Å²) in [6, 6.07) is 4.82. The normalized spacial score (nSPS) is 9.64. The van der Waals surface area contributed by atoms with Crippen LogP contribution < -0.4 is 4.74 Å². The van der Waals surface area contributed by atoms with Crippen molar-refractivity contribution in [1.82, 2.24) is 0 Å². The van der Waals surface area contributed by atoms with Gasteiger partial charge in [0.1, 0.15) is 5.75 Å². The Hall–Kier alpha value is -1.64. The third kappa shape index (κ3) is 2.19. The Bertz CT molecular complexity index is 348. The summed E-state index contributed by atoms with van der Waals surface area (Å²) in [5.41, 5.74) is 0.990. The minimum absolute atomic E-state index is 0.0774. The average molecular weight is 192 g/mol. The number of carbonyl (C=O) groups is 2. The molecule has 3 nitrogen and oxygen atoms in total. The van der Waals surface area contributed by atoms with Crippen molar-refractivity contribution in [3.05, 3.63) is 29.3 Å². The van der Waals surface area contributed by atoms with E-state index in [9.17, 15) is 9.59 Å². The maximum Gasteiger partial charge on any atom is 0.159 e. The van der Waals surface area contributed by atoms with Crippen LogP contribution >= 0.6 is 0 Å². The lowest BCUT2D eigenvalue weighted by molar-refractivity contribution is 0.101. The van der Waals surface area contributed by atoms with Crippen molar-refractivity contribution in [2.45, 2.75) is 13.8 Å². The first-order valence-electron chi connectivity index (χ1n) is 4.25. The third-order valence-corrected chi connectivity index (χ3v) is 1.96. The molecule has 0 spiro atoms. The molecule has 1 aromatic carbocycles. The van der Waals surface area contributed by atoms with Crippen molar-refractivity contribution in [3.8, 4) is 5.75 Å². The molecular formula is C11H12O3. The Morgan fingerprint density at radius 3 is 1.71 bits per heavy atom. The fraction of sp³-hybridized carbons (Fsp3) is 0.273. The molecule has 0 bridgehead atoms. The number of ketones is 2. The highest BCUT2D eigenvalue weighted by atomic mass is 16.5. The second-order valence-electron chi connectivity index (χ2n) is 3.06. The molecule has 0 N–H and O–H groups in total. The summed E-state index contributed by atoms with van der Waals surface area (Å²) in [6.45, 7) is 2.91. The molecule has 0 heterocycles. The van der Waals surface area contributed by atoms with E-state index in [4.69, 9.17) is 4.74 Å². The Morgan fingerprint density at radius 1 is 1.00 bits per heavy atom. The van der Waals surface area contributed by atoms with Gasteiger partial charge in [-0.05, 0) is 32.0 Å². The van der Waals surface area contributed by atoms with E-state index in [0.717, 1.165) is 0 Å². The molecule has 0 aliphatic rings. The van der Waals surface area contributed by atoms with Gasteiger partial charge in [-0.3, -0.25) is 9.59 Å². The van der Waals surface area contributed by atoms with Crippen LogP contribution in [0.4, 0.5) is 0 Å². The van der Waals surface area contributed by atoms with Gasteiger partial charge in [-0.15, -0.1) is 0 Å². The van der Waals surface area contributed by atoms with E-state index in [1.54, 1.807) is 18.2 Å². The molecule has 0 aromatic heterocycles. The molecule has 0 amide bonds. The average Bonchev–Trinajstić information content (AvgIpc) is 2.16. The minimum Gasteiger partial charge on any atom is -0.497 e. The van der Waals surface area contributed by atoms with Crippen LogP contribution in [0.3, 0.4) is 0 Å². The number of benzene rings is 1. The summed E-state index contributed by atoms with van der Waals surface area (Å²) in [5, 5.41) is 0. The lowest BCUT2D eigenvalue weighted by atomic mass is 10.1. The number of rotatable bonds is 3. The number of hydrogen-bond donors (Lipinski definition) is 0. The van der Waals surface area contributed by atoms with E-state index in [2.05, 4.69) is 0 Å². The van der Waals surface area contributed by atoms with E-state index in [1.165, 1.54) is 21.0 Å². The first kappa shape index (κ1) is 10.4. The van der Waals surface area contributed by atoms with Gasteiger partial charge in [0.2, 0.25) is 0 Å². The maximum atomic E-state index is 11.1. The van der Waals surface area contributed by atoms with E-state index in [0.29, 0.717) is 16.9 Å². The predicted molar refractivity (Wildman–Crippen MR) is 53.0 cm³/mol. The van der Waals surface area contributed by atoms with Crippen LogP contribution in [0.25, 0.3) is 0 Å². The zero-order valence-electron chi connectivity index (χ0n) is 8.46. The van der Waals surface area contributed by atoms with Gasteiger partial charge in [0.15, 0.2) is 11.6 Å². The van der Waals surface area contributed by atoms with Crippen molar-refractivity contribution in [2.75, 3.05) is 7.11 Å². The molecule has 74 valence electrons. The lowest BCUT2D eigenvalue weighted by Gasteiger charge is -2.04. The molecule has 14 heavy (non-hydrogen) atoms. The van der Waals surface area contributed by atoms with Crippen LogP contribution in [0.1, 0.15) is 34.6 Å². The molecular weight excluding hydrogens is 180 g/mol. The van der Waals surface area contributed by atoms with E-state index in [1.807, 2.05) is 0 Å². The Labute approximate surface area is 82.7 Å². The molecule has 0 aliphatic heterocycles. The van der Waals surface area contributed by atoms with Crippen molar-refractivity contribution < 1.29 is 14.3 Å². The van der Waals surface area contributed by atoms with Gasteiger partial charge in [-0.2, -0.15) is 0 Å². The summed E-state index contributed by atoms with van der Waals surface area (Å²) < 4.78 is 4.99. The van der Waals surface area contributed by atoms with Crippen molar-refractivity contribution >= 4 is 11.6 Å². The highest BCUT2D eigenvalue weighted by Gasteiger charge is 2.07. The monoisotopic (exact) mass is 192 g/mol. The molecule has 1 aromatic rings. The third-order valence-electron chi connectivity index (χ3n) is 1.96. The highest BCUT2D eigenvalue weighted by molar-refractivity contribution is 6.00. The summed E-state index contributed by atoms with van der Waals surface area (Å²) in [6.07, 6.45) is 0. The topological polar surface area (TPSA) is 43.4 Å². The molecule has 1 rings (SSSR count). The minimum atomic E-state index is -0.0774. The fourth-order valence-electron chi connectivity index (χ4n) is 1.12. The van der Waals surface area contributed by atoms with Crippen LogP contribution in [0, 0.1) is 0 Å². The summed E-state index contributed by atoms with van der Waals surface area (Å²) in [4.78, 5) is 22.2. The summed E-state index contributed by atoms with van der Waals surface area (Å²) in [7, 11) is 1.50. The van der Waals surface area contributed by atoms with E-state index >= 15 is 0 Å². The number of Topliss-reactive ketones (excluding diaryl/α,β-unsaturated/α-hetero) is 2. The second kappa shape index (κ2) is 4.05. The van der Waals surface area contributed by atoms with Gasteiger partial charge >= 0.3 is 0 Å². The van der Waals surface area contributed by atoms with Crippen molar-refractivity contribution in [3.63, 3.8) is 0 Å². The summed E-state index contributed by atoms with van der Waals surface area (Å²) in [5.74, 6) is 0.376. The molecule has 3 heteroatoms. The second-order valence-corrected chi connectivity index (χ2v) is 3.06. The van der Waals surface area contributed by atoms with Crippen LogP contribution in [0.15, 0.2) is 18.2 Å². The molecule has 0 atom stereocenters. The van der Waals surface area contributed by atoms with Gasteiger partial charge in [0.05, 0.1) is 7.11 Å². The van der Waals surface area contributed by atoms with Crippen LogP contribution in [0.2, 0.25) is 0 Å². The van der Waals surface area contributed by atoms with Crippen LogP contribution in [-0.2, 0) is 0 Å². The first-order chi connectivity index (χ1) is 6.54. The molecule has 0 radical (unpaired) electrons. The fourth-order valence-corrected chi connectivity index (χ4v) is 1.12. The Kier molecular flexibility index (Phi) is 3.02. The highest BCUT2D eigenvalue weighted by Crippen LogP contribution is 2.17. The maximum absolute atomic E-state index is 11.1. The van der Waals surface area contributed by atoms with Gasteiger partial charge < -0.3 is 4.74 Å². The van der Waals surface area contributed by atoms with Crippen molar-refractivity contribution in [2.24, 2.45) is 0 Å². The van der Waals surface area contributed by atoms with Gasteiger partial charge in [0, 0.05) is 11.1 Å². The first-order valence-corrected chi connectivity index (χ1v) is 4.25. The largest absolute Gasteiger partial charge is 0.497 e. The van der Waals surface area contributed by atoms with Crippen LogP contribution in [0.5, 0.6) is 5.75 Å². The van der Waals surface area contributed by atoms with E-state index in [-0.39, 0.29) is 11.6 Å². The quantitative estimate of drug-likeness (QED) is 0.689. The van der Waals surface area contributed by atoms with Gasteiger partial charge in [-0.25, -0.2) is 0 Å². The van der Waals surface area contributed by atoms with Crippen molar-refractivity contribution in [1.29, 1.82) is 0 Å². The Balaban J connectivity index is 3.27. The lowest BCUT2D eigenvalue weighted by Crippen LogP contribution is -1.99. The molecule has 0 saturated heterocycles. The molecule has 0 unspecified atom stereocenters. The van der Waals surface area contributed by atoms with Gasteiger partial charge in [0.25, 0.3) is 0 Å². The Morgan fingerprint density at radius 2 is 1.43 bits per heavy atom. The number of ether oxygens (including phenoxy) is 1. The zero-order chi connectivity index (χ0) is 10.7. The number of hydrogen-bond acceptors (Lipinski definition) is 3. The number of carbonyl (C=O) groups excluding carboxylic acids is 2. The molecule has 0 saturated carbocycles. The number of methoxy groups -OCH3 is 1. The van der Waals surface area contributed by atoms with Crippen LogP contribution in [-0.4, -0.2) is 18.7 Å². The SMILES string of the molecule is COc1cc(C(C)=O)cc(C(C)=O)c1. The predicted octanol–water partition coefficient (Wildman–Crippen LogP) is 2.10.